The lowest BCUT2D eigenvalue weighted by Gasteiger charge is -2.15. The van der Waals surface area contributed by atoms with Crippen molar-refractivity contribution < 1.29 is 19.0 Å². The van der Waals surface area contributed by atoms with Gasteiger partial charge in [0.25, 0.3) is 0 Å². The van der Waals surface area contributed by atoms with E-state index in [9.17, 15) is 0 Å². The quantitative estimate of drug-likeness (QED) is 0.848. The Bertz CT molecular complexity index is 795. The van der Waals surface area contributed by atoms with E-state index in [0.717, 1.165) is 11.3 Å². The predicted octanol–water partition coefficient (Wildman–Crippen LogP) is 3.66. The molecule has 0 aromatic heterocycles. The SMILES string of the molecule is COc1cc(C2=NO[C@H]3c4ccccc4S[C@@H]23)cc(OC)c1OC. The van der Waals surface area contributed by atoms with Crippen LogP contribution in [0.3, 0.4) is 0 Å². The molecule has 0 radical (unpaired) electrons. The maximum absolute atomic E-state index is 5.73. The van der Waals surface area contributed by atoms with Crippen LogP contribution in [-0.2, 0) is 4.84 Å². The van der Waals surface area contributed by atoms with E-state index >= 15 is 0 Å². The fourth-order valence-electron chi connectivity index (χ4n) is 3.11. The van der Waals surface area contributed by atoms with Gasteiger partial charge in [-0.2, -0.15) is 0 Å². The van der Waals surface area contributed by atoms with Crippen LogP contribution in [0.1, 0.15) is 17.2 Å². The molecule has 0 N–H and O–H groups in total. The summed E-state index contributed by atoms with van der Waals surface area (Å²) in [5, 5.41) is 4.47. The molecule has 4 rings (SSSR count). The van der Waals surface area contributed by atoms with Crippen LogP contribution in [0, 0.1) is 0 Å². The minimum Gasteiger partial charge on any atom is -0.493 e. The lowest BCUT2D eigenvalue weighted by molar-refractivity contribution is 0.0891. The number of hydrogen-bond donors (Lipinski definition) is 0. The molecular formula is C18H17NO4S. The number of methoxy groups -OCH3 is 3. The Morgan fingerprint density at radius 1 is 1.00 bits per heavy atom. The van der Waals surface area contributed by atoms with E-state index in [2.05, 4.69) is 17.3 Å². The molecule has 0 aliphatic carbocycles. The number of nitrogens with zero attached hydrogens (tertiary/aromatic N) is 1. The molecule has 2 aliphatic heterocycles. The average Bonchev–Trinajstić information content (AvgIpc) is 3.19. The second kappa shape index (κ2) is 5.94. The van der Waals surface area contributed by atoms with Gasteiger partial charge >= 0.3 is 0 Å². The van der Waals surface area contributed by atoms with E-state index < -0.39 is 0 Å². The minimum absolute atomic E-state index is 0.0414. The monoisotopic (exact) mass is 343 g/mol. The first-order chi connectivity index (χ1) is 11.8. The molecule has 0 saturated heterocycles. The third-order valence-corrected chi connectivity index (χ3v) is 5.60. The van der Waals surface area contributed by atoms with Gasteiger partial charge in [-0.05, 0) is 18.2 Å². The fraction of sp³-hybridized carbons (Fsp3) is 0.278. The van der Waals surface area contributed by atoms with Gasteiger partial charge in [0.15, 0.2) is 17.6 Å². The summed E-state index contributed by atoms with van der Waals surface area (Å²) in [6.07, 6.45) is -0.0414. The second-order valence-corrected chi connectivity index (χ2v) is 6.68. The zero-order valence-electron chi connectivity index (χ0n) is 13.6. The van der Waals surface area contributed by atoms with Crippen LogP contribution in [0.5, 0.6) is 17.2 Å². The van der Waals surface area contributed by atoms with E-state index in [1.807, 2.05) is 24.3 Å². The van der Waals surface area contributed by atoms with Crippen LogP contribution in [0.2, 0.25) is 0 Å². The molecule has 2 aromatic carbocycles. The van der Waals surface area contributed by atoms with Crippen LogP contribution in [-0.4, -0.2) is 32.3 Å². The molecule has 0 fully saturated rings. The van der Waals surface area contributed by atoms with E-state index in [1.165, 1.54) is 10.5 Å². The molecule has 2 aliphatic rings. The molecular weight excluding hydrogens is 326 g/mol. The molecule has 0 saturated carbocycles. The Hall–Kier alpha value is -2.34. The molecule has 2 heterocycles. The Balaban J connectivity index is 1.73. The number of oxime groups is 1. The summed E-state index contributed by atoms with van der Waals surface area (Å²) in [5.41, 5.74) is 3.00. The summed E-state index contributed by atoms with van der Waals surface area (Å²) in [6.45, 7) is 0. The smallest absolute Gasteiger partial charge is 0.203 e. The summed E-state index contributed by atoms with van der Waals surface area (Å²) in [6, 6.07) is 12.1. The van der Waals surface area contributed by atoms with Crippen molar-refractivity contribution in [2.75, 3.05) is 21.3 Å². The van der Waals surface area contributed by atoms with Gasteiger partial charge in [-0.15, -0.1) is 11.8 Å². The predicted molar refractivity (Wildman–Crippen MR) is 92.5 cm³/mol. The summed E-state index contributed by atoms with van der Waals surface area (Å²) in [7, 11) is 4.81. The van der Waals surface area contributed by atoms with E-state index in [1.54, 1.807) is 33.1 Å². The lowest BCUT2D eigenvalue weighted by Crippen LogP contribution is -2.17. The third-order valence-electron chi connectivity index (χ3n) is 4.25. The molecule has 124 valence electrons. The highest BCUT2D eigenvalue weighted by atomic mass is 32.2. The Labute approximate surface area is 144 Å². The zero-order valence-corrected chi connectivity index (χ0v) is 14.4. The standard InChI is InChI=1S/C18H17NO4S/c1-20-12-8-10(9-13(21-2)17(12)22-3)15-18-16(23-19-15)11-6-4-5-7-14(11)24-18/h4-9,16,18H,1-3H3/t16-,18-/m0/s1. The summed E-state index contributed by atoms with van der Waals surface area (Å²) in [4.78, 5) is 6.97. The summed E-state index contributed by atoms with van der Waals surface area (Å²) >= 11 is 1.78. The van der Waals surface area contributed by atoms with Crippen molar-refractivity contribution in [1.82, 2.24) is 0 Å². The topological polar surface area (TPSA) is 49.3 Å². The van der Waals surface area contributed by atoms with Crippen molar-refractivity contribution in [2.45, 2.75) is 16.2 Å². The molecule has 0 bridgehead atoms. The first kappa shape index (κ1) is 15.2. The van der Waals surface area contributed by atoms with Crippen LogP contribution in [0.25, 0.3) is 0 Å². The van der Waals surface area contributed by atoms with Crippen LogP contribution in [0.15, 0.2) is 46.4 Å². The van der Waals surface area contributed by atoms with Gasteiger partial charge in [-0.25, -0.2) is 0 Å². The van der Waals surface area contributed by atoms with Gasteiger partial charge in [-0.1, -0.05) is 23.4 Å². The molecule has 24 heavy (non-hydrogen) atoms. The lowest BCUT2D eigenvalue weighted by atomic mass is 9.99. The average molecular weight is 343 g/mol. The van der Waals surface area contributed by atoms with Gasteiger partial charge in [0.2, 0.25) is 5.75 Å². The highest BCUT2D eigenvalue weighted by Crippen LogP contribution is 2.51. The van der Waals surface area contributed by atoms with Gasteiger partial charge in [0.05, 0.1) is 26.6 Å². The maximum Gasteiger partial charge on any atom is 0.203 e. The van der Waals surface area contributed by atoms with Gasteiger partial charge in [0.1, 0.15) is 5.71 Å². The van der Waals surface area contributed by atoms with Crippen molar-refractivity contribution in [3.63, 3.8) is 0 Å². The van der Waals surface area contributed by atoms with Crippen molar-refractivity contribution in [3.05, 3.63) is 47.5 Å². The molecule has 2 atom stereocenters. The molecule has 0 amide bonds. The number of thioether (sulfide) groups is 1. The second-order valence-electron chi connectivity index (χ2n) is 5.49. The molecule has 0 unspecified atom stereocenters. The van der Waals surface area contributed by atoms with Crippen molar-refractivity contribution >= 4 is 17.5 Å². The van der Waals surface area contributed by atoms with Crippen molar-refractivity contribution in [2.24, 2.45) is 5.16 Å². The molecule has 6 heteroatoms. The van der Waals surface area contributed by atoms with Crippen LogP contribution < -0.4 is 14.2 Å². The van der Waals surface area contributed by atoms with Crippen molar-refractivity contribution in [1.29, 1.82) is 0 Å². The Morgan fingerprint density at radius 3 is 2.38 bits per heavy atom. The van der Waals surface area contributed by atoms with Gasteiger partial charge < -0.3 is 19.0 Å². The number of hydrogen-bond acceptors (Lipinski definition) is 6. The van der Waals surface area contributed by atoms with Crippen molar-refractivity contribution in [3.8, 4) is 17.2 Å². The third kappa shape index (κ3) is 2.21. The number of ether oxygens (including phenoxy) is 3. The first-order valence-corrected chi connectivity index (χ1v) is 8.44. The van der Waals surface area contributed by atoms with E-state index in [0.29, 0.717) is 17.2 Å². The van der Waals surface area contributed by atoms with E-state index in [-0.39, 0.29) is 11.4 Å². The Kier molecular flexibility index (Phi) is 3.76. The first-order valence-electron chi connectivity index (χ1n) is 7.56. The Morgan fingerprint density at radius 2 is 1.71 bits per heavy atom. The highest BCUT2D eigenvalue weighted by molar-refractivity contribution is 8.01. The van der Waals surface area contributed by atoms with Gasteiger partial charge in [-0.3, -0.25) is 0 Å². The molecule has 2 aromatic rings. The summed E-state index contributed by atoms with van der Waals surface area (Å²) < 4.78 is 16.3. The van der Waals surface area contributed by atoms with Crippen LogP contribution in [0.4, 0.5) is 0 Å². The molecule has 0 spiro atoms. The largest absolute Gasteiger partial charge is 0.493 e. The fourth-order valence-corrected chi connectivity index (χ4v) is 4.47. The number of fused-ring (bicyclic) bond motifs is 3. The highest BCUT2D eigenvalue weighted by Gasteiger charge is 2.43. The maximum atomic E-state index is 5.73. The van der Waals surface area contributed by atoms with E-state index in [4.69, 9.17) is 19.0 Å². The minimum atomic E-state index is -0.0414. The zero-order chi connectivity index (χ0) is 16.7. The van der Waals surface area contributed by atoms with Crippen LogP contribution >= 0.6 is 11.8 Å². The van der Waals surface area contributed by atoms with Gasteiger partial charge in [0, 0.05) is 16.0 Å². The number of rotatable bonds is 4. The number of benzene rings is 2. The molecule has 5 nitrogen and oxygen atoms in total. The normalized spacial score (nSPS) is 20.7. The summed E-state index contributed by atoms with van der Waals surface area (Å²) in [5.74, 6) is 1.79.